The molecule has 0 saturated carbocycles. The van der Waals surface area contributed by atoms with Crippen LogP contribution in [-0.2, 0) is 6.54 Å². The van der Waals surface area contributed by atoms with Crippen molar-refractivity contribution in [3.8, 4) is 28.6 Å². The van der Waals surface area contributed by atoms with Gasteiger partial charge in [0.25, 0.3) is 0 Å². The summed E-state index contributed by atoms with van der Waals surface area (Å²) in [5.41, 5.74) is 1.76. The number of fused-ring (bicyclic) bond motifs is 1. The Morgan fingerprint density at radius 2 is 1.46 bits per heavy atom. The van der Waals surface area contributed by atoms with Crippen molar-refractivity contribution in [2.24, 2.45) is 0 Å². The molecule has 0 radical (unpaired) electrons. The summed E-state index contributed by atoms with van der Waals surface area (Å²) >= 11 is 0. The summed E-state index contributed by atoms with van der Waals surface area (Å²) in [5, 5.41) is 0. The van der Waals surface area contributed by atoms with Gasteiger partial charge in [-0.25, -0.2) is 14.4 Å². The molecular formula is C20H16FN3O2. The van der Waals surface area contributed by atoms with Gasteiger partial charge in [0.05, 0.1) is 12.2 Å². The van der Waals surface area contributed by atoms with E-state index in [4.69, 9.17) is 9.47 Å². The molecule has 2 heterocycles. The van der Waals surface area contributed by atoms with E-state index in [1.165, 1.54) is 12.1 Å². The zero-order valence-electron chi connectivity index (χ0n) is 13.9. The molecule has 4 rings (SSSR count). The lowest BCUT2D eigenvalue weighted by atomic mass is 10.3. The van der Waals surface area contributed by atoms with Gasteiger partial charge in [-0.15, -0.1) is 0 Å². The SMILES string of the molecule is Fc1ccc(Oc2ccc(OCCn3ccc4ncnc-4c3)cc2)cc1. The lowest BCUT2D eigenvalue weighted by molar-refractivity contribution is 0.297. The van der Waals surface area contributed by atoms with Crippen molar-refractivity contribution in [2.75, 3.05) is 6.61 Å². The zero-order valence-corrected chi connectivity index (χ0v) is 13.9. The molecule has 6 heteroatoms. The smallest absolute Gasteiger partial charge is 0.127 e. The summed E-state index contributed by atoms with van der Waals surface area (Å²) in [7, 11) is 0. The van der Waals surface area contributed by atoms with Crippen LogP contribution in [0, 0.1) is 5.82 Å². The van der Waals surface area contributed by atoms with Crippen LogP contribution >= 0.6 is 0 Å². The van der Waals surface area contributed by atoms with E-state index in [2.05, 4.69) is 9.97 Å². The largest absolute Gasteiger partial charge is 0.492 e. The Labute approximate surface area is 150 Å². The first kappa shape index (κ1) is 16.1. The molecule has 0 saturated heterocycles. The first-order chi connectivity index (χ1) is 12.8. The molecule has 0 unspecified atom stereocenters. The molecule has 0 aliphatic carbocycles. The molecule has 26 heavy (non-hydrogen) atoms. The fraction of sp³-hybridized carbons (Fsp3) is 0.100. The van der Waals surface area contributed by atoms with E-state index in [9.17, 15) is 4.39 Å². The molecule has 0 atom stereocenters. The van der Waals surface area contributed by atoms with Crippen molar-refractivity contribution in [3.63, 3.8) is 0 Å². The Balaban J connectivity index is 1.31. The second-order valence-electron chi connectivity index (χ2n) is 5.70. The molecule has 5 nitrogen and oxygen atoms in total. The van der Waals surface area contributed by atoms with Crippen LogP contribution in [0.5, 0.6) is 17.2 Å². The fourth-order valence-corrected chi connectivity index (χ4v) is 2.53. The van der Waals surface area contributed by atoms with Gasteiger partial charge in [0.2, 0.25) is 0 Å². The molecule has 0 N–H and O–H groups in total. The summed E-state index contributed by atoms with van der Waals surface area (Å²) in [4.78, 5) is 8.33. The van der Waals surface area contributed by atoms with Crippen molar-refractivity contribution < 1.29 is 13.9 Å². The van der Waals surface area contributed by atoms with Gasteiger partial charge in [-0.3, -0.25) is 0 Å². The third kappa shape index (κ3) is 3.80. The molecule has 0 amide bonds. The third-order valence-electron chi connectivity index (χ3n) is 3.86. The maximum Gasteiger partial charge on any atom is 0.127 e. The topological polar surface area (TPSA) is 49.2 Å². The number of rotatable bonds is 6. The maximum atomic E-state index is 12.9. The molecule has 2 aromatic carbocycles. The Hall–Kier alpha value is -3.41. The van der Waals surface area contributed by atoms with E-state index in [-0.39, 0.29) is 5.82 Å². The minimum Gasteiger partial charge on any atom is -0.492 e. The lowest BCUT2D eigenvalue weighted by Crippen LogP contribution is -2.08. The molecule has 2 aliphatic rings. The van der Waals surface area contributed by atoms with Crippen LogP contribution < -0.4 is 9.47 Å². The number of hydrogen-bond acceptors (Lipinski definition) is 4. The average Bonchev–Trinajstić information content (AvgIpc) is 3.13. The highest BCUT2D eigenvalue weighted by Gasteiger charge is 2.05. The number of halogens is 1. The number of aromatic nitrogens is 3. The van der Waals surface area contributed by atoms with Crippen molar-refractivity contribution in [1.82, 2.24) is 14.5 Å². The van der Waals surface area contributed by atoms with Gasteiger partial charge >= 0.3 is 0 Å². The van der Waals surface area contributed by atoms with Gasteiger partial charge in [0.15, 0.2) is 0 Å². The van der Waals surface area contributed by atoms with Crippen molar-refractivity contribution >= 4 is 0 Å². The number of nitrogens with zero attached hydrogens (tertiary/aromatic N) is 3. The Morgan fingerprint density at radius 1 is 0.808 bits per heavy atom. The molecule has 0 aromatic heterocycles. The standard InChI is InChI=1S/C20H16FN3O2/c21-15-1-3-17(4-2-15)26-18-7-5-16(6-8-18)25-12-11-24-10-9-19-20(13-24)23-14-22-19/h1-10,13-14H,11-12H2. The van der Waals surface area contributed by atoms with Gasteiger partial charge in [0.1, 0.15) is 41.7 Å². The number of imidazole rings is 1. The lowest BCUT2D eigenvalue weighted by Gasteiger charge is -2.11. The predicted molar refractivity (Wildman–Crippen MR) is 95.1 cm³/mol. The number of pyridine rings is 1. The van der Waals surface area contributed by atoms with Gasteiger partial charge in [0, 0.05) is 12.4 Å². The average molecular weight is 349 g/mol. The highest BCUT2D eigenvalue weighted by Crippen LogP contribution is 2.24. The molecule has 0 spiro atoms. The Morgan fingerprint density at radius 3 is 2.23 bits per heavy atom. The second-order valence-corrected chi connectivity index (χ2v) is 5.70. The molecular weight excluding hydrogens is 333 g/mol. The van der Waals surface area contributed by atoms with Gasteiger partial charge in [-0.1, -0.05) is 0 Å². The maximum absolute atomic E-state index is 12.9. The van der Waals surface area contributed by atoms with Gasteiger partial charge in [-0.05, 0) is 54.6 Å². The van der Waals surface area contributed by atoms with Crippen LogP contribution in [0.3, 0.4) is 0 Å². The van der Waals surface area contributed by atoms with Gasteiger partial charge < -0.3 is 14.0 Å². The van der Waals surface area contributed by atoms with E-state index in [1.807, 2.05) is 47.3 Å². The highest BCUT2D eigenvalue weighted by molar-refractivity contribution is 5.53. The quantitative estimate of drug-likeness (QED) is 0.518. The molecule has 0 fully saturated rings. The minimum absolute atomic E-state index is 0.288. The summed E-state index contributed by atoms with van der Waals surface area (Å²) in [6.45, 7) is 1.24. The number of hydrogen-bond donors (Lipinski definition) is 0. The van der Waals surface area contributed by atoms with Crippen LogP contribution in [0.4, 0.5) is 4.39 Å². The van der Waals surface area contributed by atoms with Crippen LogP contribution in [0.2, 0.25) is 0 Å². The van der Waals surface area contributed by atoms with Crippen LogP contribution in [-0.4, -0.2) is 21.1 Å². The summed E-state index contributed by atoms with van der Waals surface area (Å²) in [6, 6.07) is 15.2. The van der Waals surface area contributed by atoms with Crippen LogP contribution in [0.25, 0.3) is 11.4 Å². The van der Waals surface area contributed by atoms with Crippen molar-refractivity contribution in [3.05, 3.63) is 79.1 Å². The van der Waals surface area contributed by atoms with E-state index in [0.29, 0.717) is 24.7 Å². The third-order valence-corrected chi connectivity index (χ3v) is 3.86. The summed E-state index contributed by atoms with van der Waals surface area (Å²) < 4.78 is 26.3. The number of benzene rings is 2. The van der Waals surface area contributed by atoms with E-state index >= 15 is 0 Å². The van der Waals surface area contributed by atoms with E-state index < -0.39 is 0 Å². The fourth-order valence-electron chi connectivity index (χ4n) is 2.53. The molecule has 2 aliphatic heterocycles. The van der Waals surface area contributed by atoms with Crippen molar-refractivity contribution in [2.45, 2.75) is 6.54 Å². The minimum atomic E-state index is -0.288. The molecule has 130 valence electrons. The predicted octanol–water partition coefficient (Wildman–Crippen LogP) is 4.39. The van der Waals surface area contributed by atoms with E-state index in [1.54, 1.807) is 18.5 Å². The van der Waals surface area contributed by atoms with Crippen LogP contribution in [0.15, 0.2) is 73.3 Å². The zero-order chi connectivity index (χ0) is 17.8. The molecule has 0 bridgehead atoms. The summed E-state index contributed by atoms with van der Waals surface area (Å²) in [5.74, 6) is 1.72. The summed E-state index contributed by atoms with van der Waals surface area (Å²) in [6.07, 6.45) is 5.46. The van der Waals surface area contributed by atoms with E-state index in [0.717, 1.165) is 17.1 Å². The van der Waals surface area contributed by atoms with Gasteiger partial charge in [-0.2, -0.15) is 0 Å². The monoisotopic (exact) mass is 349 g/mol. The second kappa shape index (κ2) is 7.23. The molecule has 2 aromatic rings. The first-order valence-corrected chi connectivity index (χ1v) is 8.19. The van der Waals surface area contributed by atoms with Crippen molar-refractivity contribution in [1.29, 1.82) is 0 Å². The Kier molecular flexibility index (Phi) is 4.47. The van der Waals surface area contributed by atoms with Crippen LogP contribution in [0.1, 0.15) is 0 Å². The number of ether oxygens (including phenoxy) is 2. The first-order valence-electron chi connectivity index (χ1n) is 8.19. The normalized spacial score (nSPS) is 10.8. The highest BCUT2D eigenvalue weighted by atomic mass is 19.1. The Bertz CT molecular complexity index is 952.